The van der Waals surface area contributed by atoms with Gasteiger partial charge >= 0.3 is 0 Å². The molecule has 0 aliphatic carbocycles. The lowest BCUT2D eigenvalue weighted by Gasteiger charge is -2.09. The van der Waals surface area contributed by atoms with E-state index in [0.717, 1.165) is 17.2 Å². The van der Waals surface area contributed by atoms with Crippen molar-refractivity contribution in [3.8, 4) is 0 Å². The lowest BCUT2D eigenvalue weighted by molar-refractivity contribution is 0.578. The summed E-state index contributed by atoms with van der Waals surface area (Å²) >= 11 is 0. The van der Waals surface area contributed by atoms with Crippen LogP contribution in [0.3, 0.4) is 0 Å². The molecule has 0 aliphatic heterocycles. The van der Waals surface area contributed by atoms with Crippen molar-refractivity contribution in [3.05, 3.63) is 53.1 Å². The summed E-state index contributed by atoms with van der Waals surface area (Å²) in [6.45, 7) is 2.36. The Labute approximate surface area is 109 Å². The second-order valence-electron chi connectivity index (χ2n) is 4.14. The number of rotatable bonds is 4. The molecule has 100 valence electrons. The van der Waals surface area contributed by atoms with E-state index in [1.165, 1.54) is 0 Å². The van der Waals surface area contributed by atoms with Gasteiger partial charge < -0.3 is 10.7 Å². The van der Waals surface area contributed by atoms with Crippen molar-refractivity contribution in [2.24, 2.45) is 5.84 Å². The molecule has 0 fully saturated rings. The molecule has 0 unspecified atom stereocenters. The van der Waals surface area contributed by atoms with Gasteiger partial charge in [-0.15, -0.1) is 0 Å². The minimum atomic E-state index is -0.832. The third-order valence-electron chi connectivity index (χ3n) is 2.61. The van der Waals surface area contributed by atoms with Crippen molar-refractivity contribution in [2.75, 3.05) is 10.7 Å². The Morgan fingerprint density at radius 1 is 1.16 bits per heavy atom. The van der Waals surface area contributed by atoms with E-state index in [9.17, 15) is 8.78 Å². The van der Waals surface area contributed by atoms with Crippen LogP contribution in [0, 0.1) is 18.6 Å². The number of hydrogen-bond acceptors (Lipinski definition) is 4. The van der Waals surface area contributed by atoms with Crippen molar-refractivity contribution in [3.63, 3.8) is 0 Å². The van der Waals surface area contributed by atoms with E-state index in [2.05, 4.69) is 15.7 Å². The lowest BCUT2D eigenvalue weighted by Crippen LogP contribution is -2.13. The van der Waals surface area contributed by atoms with E-state index in [0.29, 0.717) is 6.54 Å². The first-order valence-corrected chi connectivity index (χ1v) is 5.72. The highest BCUT2D eigenvalue weighted by Crippen LogP contribution is 2.19. The first-order valence-electron chi connectivity index (χ1n) is 5.72. The Kier molecular flexibility index (Phi) is 3.91. The fraction of sp³-hybridized carbons (Fsp3) is 0.154. The van der Waals surface area contributed by atoms with Crippen LogP contribution in [0.15, 0.2) is 30.3 Å². The van der Waals surface area contributed by atoms with Crippen molar-refractivity contribution < 1.29 is 8.78 Å². The molecule has 0 aliphatic rings. The van der Waals surface area contributed by atoms with Crippen LogP contribution >= 0.6 is 0 Å². The number of hydrogen-bond donors (Lipinski definition) is 3. The molecule has 4 N–H and O–H groups in total. The highest BCUT2D eigenvalue weighted by atomic mass is 19.1. The van der Waals surface area contributed by atoms with Crippen LogP contribution in [-0.4, -0.2) is 4.98 Å². The first kappa shape index (κ1) is 13.2. The van der Waals surface area contributed by atoms with Crippen molar-refractivity contribution in [1.82, 2.24) is 4.98 Å². The predicted molar refractivity (Wildman–Crippen MR) is 70.5 cm³/mol. The molecule has 2 aromatic rings. The summed E-state index contributed by atoms with van der Waals surface area (Å²) in [7, 11) is 0. The number of hydrazine groups is 1. The Bertz CT molecular complexity index is 587. The molecule has 19 heavy (non-hydrogen) atoms. The first-order chi connectivity index (χ1) is 9.10. The van der Waals surface area contributed by atoms with Gasteiger partial charge in [0, 0.05) is 12.6 Å². The summed E-state index contributed by atoms with van der Waals surface area (Å²) in [5, 5.41) is 2.81. The number of pyridine rings is 1. The molecule has 6 heteroatoms. The zero-order chi connectivity index (χ0) is 13.8. The average Bonchev–Trinajstić information content (AvgIpc) is 2.38. The molecule has 4 nitrogen and oxygen atoms in total. The van der Waals surface area contributed by atoms with E-state index < -0.39 is 11.6 Å². The van der Waals surface area contributed by atoms with Gasteiger partial charge in [-0.05, 0) is 12.5 Å². The van der Waals surface area contributed by atoms with Gasteiger partial charge in [0.05, 0.1) is 0 Å². The zero-order valence-electron chi connectivity index (χ0n) is 10.4. The number of nitrogens with zero attached hydrogens (tertiary/aromatic N) is 1. The number of nitrogen functional groups attached to an aromatic ring is 1. The molecule has 0 radical (unpaired) electrons. The van der Waals surface area contributed by atoms with Crippen LogP contribution < -0.4 is 16.6 Å². The van der Waals surface area contributed by atoms with Gasteiger partial charge in [0.2, 0.25) is 0 Å². The topological polar surface area (TPSA) is 63.0 Å². The molecule has 2 rings (SSSR count). The smallest absolute Gasteiger partial charge is 0.178 e. The van der Waals surface area contributed by atoms with Gasteiger partial charge in [-0.25, -0.2) is 19.6 Å². The summed E-state index contributed by atoms with van der Waals surface area (Å²) < 4.78 is 26.7. The minimum absolute atomic E-state index is 0.0455. The van der Waals surface area contributed by atoms with Gasteiger partial charge in [0.1, 0.15) is 0 Å². The van der Waals surface area contributed by atoms with Crippen molar-refractivity contribution >= 4 is 11.6 Å². The number of nitrogens with one attached hydrogen (secondary N) is 2. The summed E-state index contributed by atoms with van der Waals surface area (Å²) in [6, 6.07) is 8.49. The summed E-state index contributed by atoms with van der Waals surface area (Å²) in [4.78, 5) is 3.73. The molecule has 1 aromatic heterocycles. The minimum Gasteiger partial charge on any atom is -0.363 e. The molecule has 0 bridgehead atoms. The van der Waals surface area contributed by atoms with Gasteiger partial charge in [0.25, 0.3) is 0 Å². The number of benzene rings is 1. The molecule has 1 heterocycles. The second-order valence-corrected chi connectivity index (χ2v) is 4.14. The van der Waals surface area contributed by atoms with Crippen LogP contribution in [0.5, 0.6) is 0 Å². The third-order valence-corrected chi connectivity index (χ3v) is 2.61. The summed E-state index contributed by atoms with van der Waals surface area (Å²) in [5.41, 5.74) is 4.16. The van der Waals surface area contributed by atoms with Crippen molar-refractivity contribution in [1.29, 1.82) is 0 Å². The fourth-order valence-electron chi connectivity index (χ4n) is 1.70. The predicted octanol–water partition coefficient (Wildman–Crippen LogP) is 2.57. The number of aromatic nitrogens is 1. The van der Waals surface area contributed by atoms with Crippen LogP contribution in [-0.2, 0) is 6.54 Å². The van der Waals surface area contributed by atoms with Gasteiger partial charge in [-0.1, -0.05) is 29.8 Å². The third kappa shape index (κ3) is 3.17. The molecule has 0 atom stereocenters. The molecule has 0 saturated heterocycles. The Balaban J connectivity index is 2.15. The van der Waals surface area contributed by atoms with Gasteiger partial charge in [-0.3, -0.25) is 0 Å². The highest BCUT2D eigenvalue weighted by molar-refractivity contribution is 5.47. The molecular weight excluding hydrogens is 250 g/mol. The molecular formula is C13H14F2N4. The van der Waals surface area contributed by atoms with Gasteiger partial charge in [0.15, 0.2) is 23.3 Å². The van der Waals surface area contributed by atoms with Crippen LogP contribution in [0.25, 0.3) is 0 Å². The van der Waals surface area contributed by atoms with E-state index in [1.807, 2.05) is 31.2 Å². The normalized spacial score (nSPS) is 10.3. The maximum absolute atomic E-state index is 13.5. The average molecular weight is 264 g/mol. The van der Waals surface area contributed by atoms with Crippen molar-refractivity contribution in [2.45, 2.75) is 13.5 Å². The number of nitrogens with two attached hydrogens (primary N) is 1. The Morgan fingerprint density at radius 2 is 1.89 bits per heavy atom. The van der Waals surface area contributed by atoms with Crippen LogP contribution in [0.4, 0.5) is 20.4 Å². The number of halogens is 2. The highest BCUT2D eigenvalue weighted by Gasteiger charge is 2.10. The molecule has 1 aromatic carbocycles. The number of anilines is 2. The zero-order valence-corrected chi connectivity index (χ0v) is 10.4. The SMILES string of the molecule is Cc1cccc(CNc2nc(NN)c(F)cc2F)c1. The van der Waals surface area contributed by atoms with Gasteiger partial charge in [-0.2, -0.15) is 0 Å². The molecule has 0 saturated carbocycles. The summed E-state index contributed by atoms with van der Waals surface area (Å²) in [5.74, 6) is 3.26. The monoisotopic (exact) mass is 264 g/mol. The van der Waals surface area contributed by atoms with Crippen LogP contribution in [0.1, 0.15) is 11.1 Å². The Morgan fingerprint density at radius 3 is 2.58 bits per heavy atom. The fourth-order valence-corrected chi connectivity index (χ4v) is 1.70. The molecule has 0 amide bonds. The standard InChI is InChI=1S/C13H14F2N4/c1-8-3-2-4-9(5-8)7-17-12-10(14)6-11(15)13(18-12)19-16/h2-6H,7,16H2,1H3,(H2,17,18,19). The maximum Gasteiger partial charge on any atom is 0.178 e. The Hall–Kier alpha value is -2.21. The lowest BCUT2D eigenvalue weighted by atomic mass is 10.1. The van der Waals surface area contributed by atoms with E-state index in [1.54, 1.807) is 0 Å². The summed E-state index contributed by atoms with van der Waals surface area (Å²) in [6.07, 6.45) is 0. The largest absolute Gasteiger partial charge is 0.363 e. The number of aryl methyl sites for hydroxylation is 1. The maximum atomic E-state index is 13.5. The van der Waals surface area contributed by atoms with Crippen LogP contribution in [0.2, 0.25) is 0 Å². The van der Waals surface area contributed by atoms with E-state index >= 15 is 0 Å². The quantitative estimate of drug-likeness (QED) is 0.586. The molecule has 0 spiro atoms. The van der Waals surface area contributed by atoms with E-state index in [4.69, 9.17) is 5.84 Å². The van der Waals surface area contributed by atoms with E-state index in [-0.39, 0.29) is 11.6 Å². The second kappa shape index (κ2) is 5.62.